The summed E-state index contributed by atoms with van der Waals surface area (Å²) in [7, 11) is 0. The standard InChI is InChI=1S/C16H23BrO2/c1-14(2,3)16(18)13(19-10-15(16,4)5)11-6-8-12(17)9-7-11/h6-9,13,18H,10H2,1-5H3/t13-,16+/m0/s1. The fourth-order valence-corrected chi connectivity index (χ4v) is 3.52. The third-order valence-corrected chi connectivity index (χ3v) is 4.87. The maximum Gasteiger partial charge on any atom is 0.112 e. The van der Waals surface area contributed by atoms with Crippen LogP contribution in [-0.4, -0.2) is 17.3 Å². The van der Waals surface area contributed by atoms with E-state index >= 15 is 0 Å². The normalized spacial score (nSPS) is 30.6. The number of hydrogen-bond acceptors (Lipinski definition) is 2. The van der Waals surface area contributed by atoms with Crippen LogP contribution in [0.5, 0.6) is 0 Å². The Bertz CT molecular complexity index is 459. The van der Waals surface area contributed by atoms with E-state index in [1.165, 1.54) is 0 Å². The molecule has 1 aromatic carbocycles. The minimum Gasteiger partial charge on any atom is -0.386 e. The molecule has 2 nitrogen and oxygen atoms in total. The maximum absolute atomic E-state index is 11.4. The van der Waals surface area contributed by atoms with Crippen molar-refractivity contribution in [2.24, 2.45) is 10.8 Å². The first-order valence-electron chi connectivity index (χ1n) is 6.69. The number of benzene rings is 1. The average molecular weight is 327 g/mol. The van der Waals surface area contributed by atoms with Crippen LogP contribution >= 0.6 is 15.9 Å². The second kappa shape index (κ2) is 4.57. The van der Waals surface area contributed by atoms with Gasteiger partial charge in [-0.3, -0.25) is 0 Å². The number of aliphatic hydroxyl groups is 1. The van der Waals surface area contributed by atoms with Gasteiger partial charge in [-0.25, -0.2) is 0 Å². The molecular weight excluding hydrogens is 304 g/mol. The van der Waals surface area contributed by atoms with Crippen molar-refractivity contribution < 1.29 is 9.84 Å². The molecule has 3 heteroatoms. The molecule has 1 aromatic rings. The second-order valence-corrected chi connectivity index (χ2v) is 8.06. The Morgan fingerprint density at radius 1 is 1.21 bits per heavy atom. The summed E-state index contributed by atoms with van der Waals surface area (Å²) in [5, 5.41) is 11.4. The predicted octanol–water partition coefficient (Wildman–Crippen LogP) is 4.32. The molecule has 2 rings (SSSR count). The van der Waals surface area contributed by atoms with Crippen molar-refractivity contribution in [3.8, 4) is 0 Å². The van der Waals surface area contributed by atoms with Crippen LogP contribution in [0, 0.1) is 10.8 Å². The summed E-state index contributed by atoms with van der Waals surface area (Å²) in [6, 6.07) is 8.03. The summed E-state index contributed by atoms with van der Waals surface area (Å²) in [5.41, 5.74) is -0.395. The van der Waals surface area contributed by atoms with Gasteiger partial charge in [-0.1, -0.05) is 62.7 Å². The number of hydrogen-bond donors (Lipinski definition) is 1. The highest BCUT2D eigenvalue weighted by atomic mass is 79.9. The second-order valence-electron chi connectivity index (χ2n) is 7.14. The Labute approximate surface area is 124 Å². The van der Waals surface area contributed by atoms with E-state index < -0.39 is 5.60 Å². The van der Waals surface area contributed by atoms with E-state index in [0.717, 1.165) is 10.0 Å². The van der Waals surface area contributed by atoms with Crippen LogP contribution in [-0.2, 0) is 4.74 Å². The first kappa shape index (κ1) is 15.0. The lowest BCUT2D eigenvalue weighted by molar-refractivity contribution is -0.149. The molecular formula is C16H23BrO2. The lowest BCUT2D eigenvalue weighted by Crippen LogP contribution is -2.54. The number of halogens is 1. The van der Waals surface area contributed by atoms with Gasteiger partial charge in [-0.05, 0) is 23.1 Å². The van der Waals surface area contributed by atoms with Crippen LogP contribution in [0.15, 0.2) is 28.7 Å². The first-order valence-corrected chi connectivity index (χ1v) is 7.48. The van der Waals surface area contributed by atoms with E-state index in [2.05, 4.69) is 50.5 Å². The van der Waals surface area contributed by atoms with Crippen LogP contribution in [0.3, 0.4) is 0 Å². The summed E-state index contributed by atoms with van der Waals surface area (Å²) in [5.74, 6) is 0. The maximum atomic E-state index is 11.4. The molecule has 1 heterocycles. The summed E-state index contributed by atoms with van der Waals surface area (Å²) < 4.78 is 7.01. The van der Waals surface area contributed by atoms with E-state index in [1.807, 2.05) is 24.3 Å². The van der Waals surface area contributed by atoms with Crippen LogP contribution < -0.4 is 0 Å². The van der Waals surface area contributed by atoms with Gasteiger partial charge in [0.2, 0.25) is 0 Å². The van der Waals surface area contributed by atoms with Gasteiger partial charge in [0, 0.05) is 9.89 Å². The van der Waals surface area contributed by atoms with Crippen molar-refractivity contribution in [1.29, 1.82) is 0 Å². The largest absolute Gasteiger partial charge is 0.386 e. The van der Waals surface area contributed by atoms with E-state index in [9.17, 15) is 5.11 Å². The van der Waals surface area contributed by atoms with E-state index in [4.69, 9.17) is 4.74 Å². The third-order valence-electron chi connectivity index (χ3n) is 4.34. The molecule has 1 fully saturated rings. The number of ether oxygens (including phenoxy) is 1. The highest BCUT2D eigenvalue weighted by Gasteiger charge is 2.61. The quantitative estimate of drug-likeness (QED) is 0.832. The van der Waals surface area contributed by atoms with Gasteiger partial charge in [-0.15, -0.1) is 0 Å². The van der Waals surface area contributed by atoms with Crippen LogP contribution in [0.1, 0.15) is 46.3 Å². The van der Waals surface area contributed by atoms with Gasteiger partial charge in [0.15, 0.2) is 0 Å². The zero-order valence-electron chi connectivity index (χ0n) is 12.3. The van der Waals surface area contributed by atoms with Crippen molar-refractivity contribution in [3.63, 3.8) is 0 Å². The lowest BCUT2D eigenvalue weighted by atomic mass is 9.60. The SMILES string of the molecule is CC(C)(C)[C@]1(O)[C@H](c2ccc(Br)cc2)OCC1(C)C. The Kier molecular flexibility index (Phi) is 3.62. The van der Waals surface area contributed by atoms with Gasteiger partial charge in [0.05, 0.1) is 6.61 Å². The molecule has 2 atom stereocenters. The van der Waals surface area contributed by atoms with Crippen LogP contribution in [0.2, 0.25) is 0 Å². The minimum absolute atomic E-state index is 0.259. The van der Waals surface area contributed by atoms with Crippen molar-refractivity contribution in [3.05, 3.63) is 34.3 Å². The van der Waals surface area contributed by atoms with Gasteiger partial charge < -0.3 is 9.84 Å². The number of rotatable bonds is 1. The predicted molar refractivity (Wildman–Crippen MR) is 81.0 cm³/mol. The van der Waals surface area contributed by atoms with Crippen molar-refractivity contribution in [2.75, 3.05) is 6.61 Å². The van der Waals surface area contributed by atoms with E-state index in [-0.39, 0.29) is 16.9 Å². The molecule has 0 radical (unpaired) electrons. The Hall–Kier alpha value is -0.380. The first-order chi connectivity index (χ1) is 8.59. The molecule has 1 saturated heterocycles. The molecule has 0 bridgehead atoms. The zero-order valence-corrected chi connectivity index (χ0v) is 13.9. The summed E-state index contributed by atoms with van der Waals surface area (Å²) >= 11 is 3.44. The monoisotopic (exact) mass is 326 g/mol. The van der Waals surface area contributed by atoms with Crippen molar-refractivity contribution >= 4 is 15.9 Å². The molecule has 0 aromatic heterocycles. The Morgan fingerprint density at radius 3 is 2.21 bits per heavy atom. The lowest BCUT2D eigenvalue weighted by Gasteiger charge is -2.48. The van der Waals surface area contributed by atoms with Crippen LogP contribution in [0.4, 0.5) is 0 Å². The molecule has 0 unspecified atom stereocenters. The highest BCUT2D eigenvalue weighted by Crippen LogP contribution is 2.57. The van der Waals surface area contributed by atoms with Crippen molar-refractivity contribution in [1.82, 2.24) is 0 Å². The van der Waals surface area contributed by atoms with E-state index in [1.54, 1.807) is 0 Å². The molecule has 1 aliphatic rings. The van der Waals surface area contributed by atoms with Crippen molar-refractivity contribution in [2.45, 2.75) is 46.3 Å². The fraction of sp³-hybridized carbons (Fsp3) is 0.625. The third kappa shape index (κ3) is 2.26. The molecule has 0 saturated carbocycles. The van der Waals surface area contributed by atoms with Gasteiger partial charge in [-0.2, -0.15) is 0 Å². The Morgan fingerprint density at radius 2 is 1.74 bits per heavy atom. The van der Waals surface area contributed by atoms with Gasteiger partial charge >= 0.3 is 0 Å². The molecule has 106 valence electrons. The summed E-state index contributed by atoms with van der Waals surface area (Å²) in [6.45, 7) is 11.0. The fourth-order valence-electron chi connectivity index (χ4n) is 3.26. The smallest absolute Gasteiger partial charge is 0.112 e. The zero-order chi connectivity index (χ0) is 14.5. The van der Waals surface area contributed by atoms with Gasteiger partial charge in [0.1, 0.15) is 11.7 Å². The molecule has 1 N–H and O–H groups in total. The minimum atomic E-state index is -0.895. The Balaban J connectivity index is 2.49. The van der Waals surface area contributed by atoms with Crippen LogP contribution in [0.25, 0.3) is 0 Å². The van der Waals surface area contributed by atoms with Gasteiger partial charge in [0.25, 0.3) is 0 Å². The average Bonchev–Trinajstić information content (AvgIpc) is 2.53. The highest BCUT2D eigenvalue weighted by molar-refractivity contribution is 9.10. The molecule has 19 heavy (non-hydrogen) atoms. The molecule has 0 spiro atoms. The molecule has 1 aliphatic heterocycles. The summed E-state index contributed by atoms with van der Waals surface area (Å²) in [4.78, 5) is 0. The molecule has 0 amide bonds. The topological polar surface area (TPSA) is 29.5 Å². The summed E-state index contributed by atoms with van der Waals surface area (Å²) in [6.07, 6.45) is -0.282. The molecule has 0 aliphatic carbocycles. The van der Waals surface area contributed by atoms with E-state index in [0.29, 0.717) is 6.61 Å².